The first-order chi connectivity index (χ1) is 16.9. The number of amides is 1. The predicted octanol–water partition coefficient (Wildman–Crippen LogP) is 5.61. The Morgan fingerprint density at radius 2 is 1.74 bits per heavy atom. The number of rotatable bonds is 10. The normalized spacial score (nSPS) is 11.7. The van der Waals surface area contributed by atoms with E-state index in [1.54, 1.807) is 42.5 Å². The Morgan fingerprint density at radius 1 is 1.03 bits per heavy atom. The minimum Gasteiger partial charge on any atom is -0.493 e. The molecule has 0 bridgehead atoms. The molecule has 0 spiro atoms. The van der Waals surface area contributed by atoms with E-state index in [2.05, 4.69) is 24.4 Å². The van der Waals surface area contributed by atoms with Gasteiger partial charge in [0.2, 0.25) is 0 Å². The number of carbonyl (C=O) groups excluding carboxylic acids is 2. The summed E-state index contributed by atoms with van der Waals surface area (Å²) in [5.41, 5.74) is 4.64. The molecule has 0 saturated heterocycles. The summed E-state index contributed by atoms with van der Waals surface area (Å²) in [7, 11) is 1.46. The van der Waals surface area contributed by atoms with E-state index < -0.39 is 11.9 Å². The van der Waals surface area contributed by atoms with Crippen LogP contribution in [-0.2, 0) is 4.79 Å². The number of hydrogen-bond acceptors (Lipinski definition) is 6. The van der Waals surface area contributed by atoms with Gasteiger partial charge in [-0.3, -0.25) is 4.79 Å². The minimum absolute atomic E-state index is 0.164. The third kappa shape index (κ3) is 7.58. The Morgan fingerprint density at radius 3 is 2.40 bits per heavy atom. The summed E-state index contributed by atoms with van der Waals surface area (Å²) < 4.78 is 16.3. The highest BCUT2D eigenvalue weighted by Crippen LogP contribution is 2.28. The zero-order valence-electron chi connectivity index (χ0n) is 19.8. The number of hydrazone groups is 1. The van der Waals surface area contributed by atoms with Crippen molar-refractivity contribution in [2.75, 3.05) is 13.7 Å². The maximum Gasteiger partial charge on any atom is 0.343 e. The Labute approximate surface area is 209 Å². The molecule has 0 radical (unpaired) electrons. The summed E-state index contributed by atoms with van der Waals surface area (Å²) in [6.07, 6.45) is 2.51. The molecule has 1 atom stereocenters. The number of ether oxygens (including phenoxy) is 3. The number of hydrogen-bond donors (Lipinski definition) is 1. The SMILES string of the molecule is CC[C@@H](C)c1ccc(OCC(=O)N/N=C/c2ccc(OC(=O)c3ccc(Cl)cc3)c(OC)c2)cc1. The third-order valence-electron chi connectivity index (χ3n) is 5.30. The molecule has 0 aliphatic carbocycles. The quantitative estimate of drug-likeness (QED) is 0.171. The first-order valence-corrected chi connectivity index (χ1v) is 11.5. The topological polar surface area (TPSA) is 86.2 Å². The van der Waals surface area contributed by atoms with Gasteiger partial charge in [0, 0.05) is 5.02 Å². The molecule has 0 aliphatic rings. The predicted molar refractivity (Wildman–Crippen MR) is 136 cm³/mol. The van der Waals surface area contributed by atoms with E-state index in [4.69, 9.17) is 25.8 Å². The molecule has 8 heteroatoms. The Balaban J connectivity index is 1.52. The van der Waals surface area contributed by atoms with E-state index in [-0.39, 0.29) is 12.4 Å². The van der Waals surface area contributed by atoms with Crippen molar-refractivity contribution < 1.29 is 23.8 Å². The number of nitrogens with zero attached hydrogens (tertiary/aromatic N) is 1. The zero-order valence-corrected chi connectivity index (χ0v) is 20.5. The van der Waals surface area contributed by atoms with E-state index in [0.717, 1.165) is 6.42 Å². The Hall–Kier alpha value is -3.84. The maximum atomic E-state index is 12.3. The van der Waals surface area contributed by atoms with Gasteiger partial charge in [0.1, 0.15) is 5.75 Å². The average Bonchev–Trinajstić information content (AvgIpc) is 2.88. The molecule has 182 valence electrons. The van der Waals surface area contributed by atoms with Crippen molar-refractivity contribution in [2.24, 2.45) is 5.10 Å². The lowest BCUT2D eigenvalue weighted by molar-refractivity contribution is -0.123. The second-order valence-electron chi connectivity index (χ2n) is 7.77. The van der Waals surface area contributed by atoms with Crippen molar-refractivity contribution in [3.05, 3.63) is 88.4 Å². The largest absolute Gasteiger partial charge is 0.493 e. The number of benzene rings is 3. The molecule has 3 aromatic rings. The summed E-state index contributed by atoms with van der Waals surface area (Å²) in [5.74, 6) is 0.749. The molecule has 7 nitrogen and oxygen atoms in total. The summed E-state index contributed by atoms with van der Waals surface area (Å²) in [6.45, 7) is 4.14. The summed E-state index contributed by atoms with van der Waals surface area (Å²) in [4.78, 5) is 24.4. The molecule has 0 aliphatic heterocycles. The van der Waals surface area contributed by atoms with Crippen LogP contribution in [0.15, 0.2) is 71.8 Å². The van der Waals surface area contributed by atoms with Crippen molar-refractivity contribution in [3.8, 4) is 17.2 Å². The highest BCUT2D eigenvalue weighted by Gasteiger charge is 2.13. The van der Waals surface area contributed by atoms with E-state index in [1.807, 2.05) is 24.3 Å². The van der Waals surface area contributed by atoms with Gasteiger partial charge in [0.15, 0.2) is 18.1 Å². The van der Waals surface area contributed by atoms with Gasteiger partial charge < -0.3 is 14.2 Å². The van der Waals surface area contributed by atoms with Crippen molar-refractivity contribution >= 4 is 29.7 Å². The second kappa shape index (κ2) is 12.6. The fraction of sp³-hybridized carbons (Fsp3) is 0.222. The van der Waals surface area contributed by atoms with Crippen LogP contribution in [0.25, 0.3) is 0 Å². The van der Waals surface area contributed by atoms with Crippen LogP contribution < -0.4 is 19.6 Å². The van der Waals surface area contributed by atoms with E-state index in [9.17, 15) is 9.59 Å². The van der Waals surface area contributed by atoms with Crippen molar-refractivity contribution in [2.45, 2.75) is 26.2 Å². The molecule has 0 fully saturated rings. The van der Waals surface area contributed by atoms with E-state index >= 15 is 0 Å². The van der Waals surface area contributed by atoms with Crippen molar-refractivity contribution in [1.82, 2.24) is 5.43 Å². The fourth-order valence-electron chi connectivity index (χ4n) is 3.08. The monoisotopic (exact) mass is 494 g/mol. The van der Waals surface area contributed by atoms with E-state index in [0.29, 0.717) is 33.6 Å². The smallest absolute Gasteiger partial charge is 0.343 e. The van der Waals surface area contributed by atoms with Gasteiger partial charge in [0.25, 0.3) is 5.91 Å². The third-order valence-corrected chi connectivity index (χ3v) is 5.56. The summed E-state index contributed by atoms with van der Waals surface area (Å²) >= 11 is 5.85. The standard InChI is InChI=1S/C27H27ClN2O5/c1-4-18(2)20-8-12-23(13-9-20)34-17-26(31)30-29-16-19-5-14-24(25(15-19)33-3)35-27(32)21-6-10-22(28)11-7-21/h5-16,18H,4,17H2,1-3H3,(H,30,31)/b29-16+/t18-/m1/s1. The molecule has 1 N–H and O–H groups in total. The van der Waals surface area contributed by atoms with Gasteiger partial charge >= 0.3 is 5.97 Å². The molecular formula is C27H27ClN2O5. The van der Waals surface area contributed by atoms with E-state index in [1.165, 1.54) is 18.9 Å². The van der Waals surface area contributed by atoms with Gasteiger partial charge in [-0.1, -0.05) is 37.6 Å². The molecule has 0 aromatic heterocycles. The molecular weight excluding hydrogens is 468 g/mol. The second-order valence-corrected chi connectivity index (χ2v) is 8.20. The molecule has 1 amide bonds. The van der Waals surface area contributed by atoms with Gasteiger partial charge in [-0.05, 0) is 78.1 Å². The minimum atomic E-state index is -0.539. The molecule has 0 saturated carbocycles. The maximum absolute atomic E-state index is 12.3. The lowest BCUT2D eigenvalue weighted by Crippen LogP contribution is -2.24. The van der Waals surface area contributed by atoms with Crippen LogP contribution >= 0.6 is 11.6 Å². The summed E-state index contributed by atoms with van der Waals surface area (Å²) in [5, 5.41) is 4.47. The van der Waals surface area contributed by atoms with Crippen molar-refractivity contribution in [3.63, 3.8) is 0 Å². The molecule has 35 heavy (non-hydrogen) atoms. The van der Waals surface area contributed by atoms with Gasteiger partial charge in [0.05, 0.1) is 18.9 Å². The van der Waals surface area contributed by atoms with Gasteiger partial charge in [-0.25, -0.2) is 10.2 Å². The molecule has 0 heterocycles. The lowest BCUT2D eigenvalue weighted by atomic mass is 9.99. The van der Waals surface area contributed by atoms with Gasteiger partial charge in [-0.2, -0.15) is 5.10 Å². The number of carbonyl (C=O) groups is 2. The number of halogens is 1. The van der Waals surface area contributed by atoms with Crippen LogP contribution in [0.3, 0.4) is 0 Å². The van der Waals surface area contributed by atoms with Crippen LogP contribution in [0.5, 0.6) is 17.2 Å². The first-order valence-electron chi connectivity index (χ1n) is 11.1. The Bertz CT molecular complexity index is 1180. The van der Waals surface area contributed by atoms with Gasteiger partial charge in [-0.15, -0.1) is 0 Å². The Kier molecular flexibility index (Phi) is 9.26. The zero-order chi connectivity index (χ0) is 25.2. The van der Waals surface area contributed by atoms with Crippen LogP contribution in [-0.4, -0.2) is 31.8 Å². The van der Waals surface area contributed by atoms with Crippen molar-refractivity contribution in [1.29, 1.82) is 0 Å². The number of nitrogens with one attached hydrogen (secondary N) is 1. The fourth-order valence-corrected chi connectivity index (χ4v) is 3.21. The summed E-state index contributed by atoms with van der Waals surface area (Å²) in [6, 6.07) is 19.0. The highest BCUT2D eigenvalue weighted by atomic mass is 35.5. The molecule has 3 rings (SSSR count). The highest BCUT2D eigenvalue weighted by molar-refractivity contribution is 6.30. The molecule has 0 unspecified atom stereocenters. The van der Waals surface area contributed by atoms with Crippen LogP contribution in [0.2, 0.25) is 5.02 Å². The number of methoxy groups -OCH3 is 1. The number of esters is 1. The average molecular weight is 495 g/mol. The van der Waals surface area contributed by atoms with Crippen LogP contribution in [0.4, 0.5) is 0 Å². The lowest BCUT2D eigenvalue weighted by Gasteiger charge is -2.10. The first kappa shape index (κ1) is 25.8. The van der Waals surface area contributed by atoms with Crippen LogP contribution in [0.1, 0.15) is 47.7 Å². The molecule has 3 aromatic carbocycles. The van der Waals surface area contributed by atoms with Crippen LogP contribution in [0, 0.1) is 0 Å².